The summed E-state index contributed by atoms with van der Waals surface area (Å²) in [6.07, 6.45) is -4.45. The summed E-state index contributed by atoms with van der Waals surface area (Å²) in [7, 11) is 0. The minimum Gasteiger partial charge on any atom is -0.508 e. The lowest BCUT2D eigenvalue weighted by Crippen LogP contribution is -2.42. The van der Waals surface area contributed by atoms with E-state index in [-0.39, 0.29) is 22.0 Å². The smallest absolute Gasteiger partial charge is 0.416 e. The van der Waals surface area contributed by atoms with Gasteiger partial charge in [-0.1, -0.05) is 12.1 Å². The van der Waals surface area contributed by atoms with Gasteiger partial charge in [-0.15, -0.1) is 11.8 Å². The Morgan fingerprint density at radius 3 is 2.44 bits per heavy atom. The fourth-order valence-electron chi connectivity index (χ4n) is 1.79. The van der Waals surface area contributed by atoms with E-state index in [0.29, 0.717) is 0 Å². The van der Waals surface area contributed by atoms with E-state index in [1.54, 1.807) is 0 Å². The highest BCUT2D eigenvalue weighted by molar-refractivity contribution is 8.00. The van der Waals surface area contributed by atoms with E-state index in [4.69, 9.17) is 0 Å². The number of thioether (sulfide) groups is 1. The van der Waals surface area contributed by atoms with Crippen LogP contribution in [0.5, 0.6) is 5.75 Å². The zero-order chi connectivity index (χ0) is 18.4. The minimum absolute atomic E-state index is 0.0981. The first-order valence-electron chi connectivity index (χ1n) is 6.94. The SMILES string of the molecule is O=C(CSc1cccc(C(F)(F)F)c1)NNC(=O)c1cccc(O)c1. The molecule has 0 atom stereocenters. The van der Waals surface area contributed by atoms with Crippen LogP contribution in [0, 0.1) is 0 Å². The second-order valence-corrected chi connectivity index (χ2v) is 5.92. The monoisotopic (exact) mass is 370 g/mol. The van der Waals surface area contributed by atoms with Crippen molar-refractivity contribution in [2.45, 2.75) is 11.1 Å². The Labute approximate surface area is 145 Å². The second-order valence-electron chi connectivity index (χ2n) is 4.87. The van der Waals surface area contributed by atoms with Gasteiger partial charge in [-0.25, -0.2) is 0 Å². The van der Waals surface area contributed by atoms with Gasteiger partial charge in [-0.3, -0.25) is 20.4 Å². The highest BCUT2D eigenvalue weighted by Crippen LogP contribution is 2.31. The molecule has 0 bridgehead atoms. The first-order chi connectivity index (χ1) is 11.8. The number of halogens is 3. The molecule has 2 aromatic rings. The number of amides is 2. The molecule has 0 heterocycles. The maximum atomic E-state index is 12.6. The molecule has 2 amide bonds. The normalized spacial score (nSPS) is 11.0. The van der Waals surface area contributed by atoms with Crippen molar-refractivity contribution in [2.75, 3.05) is 5.75 Å². The number of aromatic hydroxyl groups is 1. The van der Waals surface area contributed by atoms with Gasteiger partial charge in [0, 0.05) is 10.5 Å². The third-order valence-corrected chi connectivity index (χ3v) is 3.95. The molecule has 0 aliphatic rings. The molecule has 9 heteroatoms. The first kappa shape index (κ1) is 18.7. The van der Waals surface area contributed by atoms with Crippen LogP contribution in [0.3, 0.4) is 0 Å². The first-order valence-corrected chi connectivity index (χ1v) is 7.92. The lowest BCUT2D eigenvalue weighted by Gasteiger charge is -2.09. The Kier molecular flexibility index (Phi) is 5.92. The molecule has 132 valence electrons. The molecule has 0 spiro atoms. The van der Waals surface area contributed by atoms with Gasteiger partial charge in [0.25, 0.3) is 5.91 Å². The van der Waals surface area contributed by atoms with Crippen LogP contribution in [-0.4, -0.2) is 22.7 Å². The molecule has 0 fully saturated rings. The van der Waals surface area contributed by atoms with E-state index in [1.165, 1.54) is 36.4 Å². The molecule has 5 nitrogen and oxygen atoms in total. The third-order valence-electron chi connectivity index (χ3n) is 2.96. The van der Waals surface area contributed by atoms with Crippen molar-refractivity contribution in [1.82, 2.24) is 10.9 Å². The second kappa shape index (κ2) is 7.93. The predicted molar refractivity (Wildman–Crippen MR) is 85.9 cm³/mol. The number of rotatable bonds is 4. The van der Waals surface area contributed by atoms with Crippen molar-refractivity contribution in [3.05, 3.63) is 59.7 Å². The zero-order valence-corrected chi connectivity index (χ0v) is 13.4. The van der Waals surface area contributed by atoms with Crippen LogP contribution in [0.2, 0.25) is 0 Å². The van der Waals surface area contributed by atoms with Gasteiger partial charge in [0.2, 0.25) is 5.91 Å². The quantitative estimate of drug-likeness (QED) is 0.571. The van der Waals surface area contributed by atoms with Crippen molar-refractivity contribution in [1.29, 1.82) is 0 Å². The zero-order valence-electron chi connectivity index (χ0n) is 12.6. The van der Waals surface area contributed by atoms with E-state index >= 15 is 0 Å². The molecule has 0 radical (unpaired) electrons. The molecule has 0 saturated carbocycles. The molecule has 2 rings (SSSR count). The van der Waals surface area contributed by atoms with E-state index < -0.39 is 23.6 Å². The summed E-state index contributed by atoms with van der Waals surface area (Å²) in [6, 6.07) is 10.1. The third kappa shape index (κ3) is 5.71. The molecule has 3 N–H and O–H groups in total. The summed E-state index contributed by atoms with van der Waals surface area (Å²) in [4.78, 5) is 23.7. The van der Waals surface area contributed by atoms with E-state index in [1.807, 2.05) is 0 Å². The van der Waals surface area contributed by atoms with E-state index in [9.17, 15) is 27.9 Å². The summed E-state index contributed by atoms with van der Waals surface area (Å²) in [6.45, 7) is 0. The lowest BCUT2D eigenvalue weighted by atomic mass is 10.2. The van der Waals surface area contributed by atoms with Crippen molar-refractivity contribution in [3.8, 4) is 5.75 Å². The number of carbonyl (C=O) groups is 2. The summed E-state index contributed by atoms with van der Waals surface area (Å²) >= 11 is 0.905. The van der Waals surface area contributed by atoms with Crippen LogP contribution in [0.15, 0.2) is 53.4 Å². The van der Waals surface area contributed by atoms with Crippen LogP contribution in [-0.2, 0) is 11.0 Å². The van der Waals surface area contributed by atoms with Gasteiger partial charge in [0.1, 0.15) is 5.75 Å². The van der Waals surface area contributed by atoms with Crippen LogP contribution < -0.4 is 10.9 Å². The number of hydrogen-bond acceptors (Lipinski definition) is 4. The number of nitrogens with one attached hydrogen (secondary N) is 2. The Morgan fingerprint density at radius 2 is 1.76 bits per heavy atom. The highest BCUT2D eigenvalue weighted by atomic mass is 32.2. The van der Waals surface area contributed by atoms with Gasteiger partial charge in [0.15, 0.2) is 0 Å². The molecular formula is C16H13F3N2O3S. The van der Waals surface area contributed by atoms with Crippen molar-refractivity contribution < 1.29 is 27.9 Å². The molecule has 0 unspecified atom stereocenters. The average molecular weight is 370 g/mol. The summed E-state index contributed by atoms with van der Waals surface area (Å²) in [5, 5.41) is 9.28. The minimum atomic E-state index is -4.45. The molecular weight excluding hydrogens is 357 g/mol. The average Bonchev–Trinajstić information content (AvgIpc) is 2.57. The fraction of sp³-hybridized carbons (Fsp3) is 0.125. The number of hydrogen-bond donors (Lipinski definition) is 3. The summed E-state index contributed by atoms with van der Waals surface area (Å²) < 4.78 is 37.8. The highest BCUT2D eigenvalue weighted by Gasteiger charge is 2.30. The fourth-order valence-corrected chi connectivity index (χ4v) is 2.55. The van der Waals surface area contributed by atoms with Gasteiger partial charge < -0.3 is 5.11 Å². The van der Waals surface area contributed by atoms with Crippen LogP contribution in [0.4, 0.5) is 13.2 Å². The summed E-state index contributed by atoms with van der Waals surface area (Å²) in [5.41, 5.74) is 3.66. The Hall–Kier alpha value is -2.68. The maximum absolute atomic E-state index is 12.6. The number of phenols is 1. The number of carbonyl (C=O) groups excluding carboxylic acids is 2. The maximum Gasteiger partial charge on any atom is 0.416 e. The van der Waals surface area contributed by atoms with Gasteiger partial charge >= 0.3 is 6.18 Å². The van der Waals surface area contributed by atoms with Gasteiger partial charge in [0.05, 0.1) is 11.3 Å². The molecule has 0 aliphatic carbocycles. The summed E-state index contributed by atoms with van der Waals surface area (Å²) in [5.74, 6) is -1.50. The van der Waals surface area contributed by atoms with Crippen LogP contribution >= 0.6 is 11.8 Å². The lowest BCUT2D eigenvalue weighted by molar-refractivity contribution is -0.137. The Morgan fingerprint density at radius 1 is 1.04 bits per heavy atom. The van der Waals surface area contributed by atoms with E-state index in [2.05, 4.69) is 10.9 Å². The number of alkyl halides is 3. The van der Waals surface area contributed by atoms with E-state index in [0.717, 1.165) is 23.9 Å². The van der Waals surface area contributed by atoms with Gasteiger partial charge in [-0.2, -0.15) is 13.2 Å². The molecule has 25 heavy (non-hydrogen) atoms. The Balaban J connectivity index is 1.84. The van der Waals surface area contributed by atoms with Crippen LogP contribution in [0.1, 0.15) is 15.9 Å². The molecule has 2 aromatic carbocycles. The standard InChI is InChI=1S/C16H13F3N2O3S/c17-16(18,19)11-4-2-6-13(8-11)25-9-14(23)20-21-15(24)10-3-1-5-12(22)7-10/h1-8,22H,9H2,(H,20,23)(H,21,24). The largest absolute Gasteiger partial charge is 0.508 e. The van der Waals surface area contributed by atoms with Crippen LogP contribution in [0.25, 0.3) is 0 Å². The number of phenolic OH excluding ortho intramolecular Hbond substituents is 1. The van der Waals surface area contributed by atoms with Gasteiger partial charge in [-0.05, 0) is 36.4 Å². The predicted octanol–water partition coefficient (Wildman–Crippen LogP) is 2.96. The van der Waals surface area contributed by atoms with Crippen molar-refractivity contribution in [2.24, 2.45) is 0 Å². The van der Waals surface area contributed by atoms with Crippen molar-refractivity contribution >= 4 is 23.6 Å². The topological polar surface area (TPSA) is 78.4 Å². The van der Waals surface area contributed by atoms with Crippen molar-refractivity contribution in [3.63, 3.8) is 0 Å². The molecule has 0 saturated heterocycles. The molecule has 0 aromatic heterocycles. The number of benzene rings is 2. The molecule has 0 aliphatic heterocycles. The Bertz CT molecular complexity index is 781. The number of hydrazine groups is 1.